The van der Waals surface area contributed by atoms with Crippen molar-refractivity contribution >= 4 is 22.6 Å². The Bertz CT molecular complexity index is 305. The maximum Gasteiger partial charge on any atom is 0.124 e. The Morgan fingerprint density at radius 3 is 2.80 bits per heavy atom. The second kappa shape index (κ2) is 7.14. The predicted molar refractivity (Wildman–Crippen MR) is 69.4 cm³/mol. The Balaban J connectivity index is 2.31. The van der Waals surface area contributed by atoms with Gasteiger partial charge in [-0.1, -0.05) is 6.07 Å². The molecule has 0 unspecified atom stereocenters. The van der Waals surface area contributed by atoms with Crippen molar-refractivity contribution in [3.05, 3.63) is 33.1 Å². The molecule has 15 heavy (non-hydrogen) atoms. The summed E-state index contributed by atoms with van der Waals surface area (Å²) in [4.78, 5) is 0. The molecule has 1 rings (SSSR count). The highest BCUT2D eigenvalue weighted by Crippen LogP contribution is 2.13. The van der Waals surface area contributed by atoms with Crippen LogP contribution in [0.15, 0.2) is 18.2 Å². The summed E-state index contributed by atoms with van der Waals surface area (Å²) in [5, 5.41) is 6.42. The molecule has 2 nitrogen and oxygen atoms in total. The molecule has 84 valence electrons. The molecular formula is C11H16FIN2. The van der Waals surface area contributed by atoms with Gasteiger partial charge in [0.05, 0.1) is 0 Å². The van der Waals surface area contributed by atoms with E-state index in [-0.39, 0.29) is 5.82 Å². The molecule has 4 heteroatoms. The molecule has 0 aromatic heterocycles. The zero-order chi connectivity index (χ0) is 11.1. The topological polar surface area (TPSA) is 24.1 Å². The highest BCUT2D eigenvalue weighted by Gasteiger charge is 2.00. The van der Waals surface area contributed by atoms with Crippen LogP contribution in [0.25, 0.3) is 0 Å². The van der Waals surface area contributed by atoms with E-state index in [0.29, 0.717) is 0 Å². The van der Waals surface area contributed by atoms with Crippen LogP contribution in [0.1, 0.15) is 12.0 Å². The van der Waals surface area contributed by atoms with Crippen molar-refractivity contribution in [2.45, 2.75) is 13.0 Å². The van der Waals surface area contributed by atoms with Gasteiger partial charge in [-0.15, -0.1) is 0 Å². The van der Waals surface area contributed by atoms with Crippen molar-refractivity contribution in [2.75, 3.05) is 20.1 Å². The van der Waals surface area contributed by atoms with Crippen LogP contribution < -0.4 is 10.6 Å². The highest BCUT2D eigenvalue weighted by molar-refractivity contribution is 14.1. The van der Waals surface area contributed by atoms with Gasteiger partial charge < -0.3 is 10.6 Å². The molecule has 2 N–H and O–H groups in total. The molecular weight excluding hydrogens is 306 g/mol. The molecule has 1 aromatic carbocycles. The Labute approximate surface area is 104 Å². The smallest absolute Gasteiger partial charge is 0.124 e. The van der Waals surface area contributed by atoms with Gasteiger partial charge in [0.15, 0.2) is 0 Å². The minimum absolute atomic E-state index is 0.168. The Morgan fingerprint density at radius 2 is 2.13 bits per heavy atom. The Morgan fingerprint density at radius 1 is 1.33 bits per heavy atom. The molecule has 0 atom stereocenters. The lowest BCUT2D eigenvalue weighted by molar-refractivity contribution is 0.614. The van der Waals surface area contributed by atoms with Gasteiger partial charge in [0, 0.05) is 10.1 Å². The van der Waals surface area contributed by atoms with E-state index in [4.69, 9.17) is 0 Å². The maximum atomic E-state index is 12.8. The van der Waals surface area contributed by atoms with E-state index in [1.54, 1.807) is 6.07 Å². The zero-order valence-corrected chi connectivity index (χ0v) is 11.0. The number of nitrogens with one attached hydrogen (secondary N) is 2. The largest absolute Gasteiger partial charge is 0.320 e. The molecule has 0 bridgehead atoms. The van der Waals surface area contributed by atoms with Gasteiger partial charge >= 0.3 is 0 Å². The van der Waals surface area contributed by atoms with Crippen molar-refractivity contribution < 1.29 is 4.39 Å². The summed E-state index contributed by atoms with van der Waals surface area (Å²) in [7, 11) is 1.95. The summed E-state index contributed by atoms with van der Waals surface area (Å²) in [5.41, 5.74) is 1.15. The van der Waals surface area contributed by atoms with E-state index >= 15 is 0 Å². The van der Waals surface area contributed by atoms with E-state index in [1.807, 2.05) is 13.1 Å². The van der Waals surface area contributed by atoms with Gasteiger partial charge in [0.1, 0.15) is 5.82 Å². The summed E-state index contributed by atoms with van der Waals surface area (Å²) < 4.78 is 13.8. The summed E-state index contributed by atoms with van der Waals surface area (Å²) in [5.74, 6) is -0.168. The van der Waals surface area contributed by atoms with Crippen molar-refractivity contribution in [1.82, 2.24) is 10.6 Å². The van der Waals surface area contributed by atoms with Gasteiger partial charge in [-0.2, -0.15) is 0 Å². The average molecular weight is 322 g/mol. The summed E-state index contributed by atoms with van der Waals surface area (Å²) in [6, 6.07) is 4.90. The van der Waals surface area contributed by atoms with Crippen molar-refractivity contribution in [3.63, 3.8) is 0 Å². The molecule has 0 aliphatic rings. The third-order valence-electron chi connectivity index (χ3n) is 2.11. The quantitative estimate of drug-likeness (QED) is 0.619. The first kappa shape index (κ1) is 12.9. The summed E-state index contributed by atoms with van der Waals surface area (Å²) in [6.45, 7) is 2.81. The number of rotatable bonds is 6. The minimum Gasteiger partial charge on any atom is -0.320 e. The lowest BCUT2D eigenvalue weighted by Gasteiger charge is -2.06. The number of benzene rings is 1. The fraction of sp³-hybridized carbons (Fsp3) is 0.455. The van der Waals surface area contributed by atoms with Crippen LogP contribution in [0, 0.1) is 9.39 Å². The first-order valence-electron chi connectivity index (χ1n) is 5.03. The summed E-state index contributed by atoms with van der Waals surface area (Å²) >= 11 is 2.16. The van der Waals surface area contributed by atoms with Crippen LogP contribution in [0.5, 0.6) is 0 Å². The van der Waals surface area contributed by atoms with Crippen LogP contribution in [-0.4, -0.2) is 20.1 Å². The average Bonchev–Trinajstić information content (AvgIpc) is 2.20. The molecule has 0 saturated heterocycles. The molecule has 0 heterocycles. The monoisotopic (exact) mass is 322 g/mol. The fourth-order valence-corrected chi connectivity index (χ4v) is 1.95. The van der Waals surface area contributed by atoms with Crippen molar-refractivity contribution in [1.29, 1.82) is 0 Å². The zero-order valence-electron chi connectivity index (χ0n) is 8.82. The van der Waals surface area contributed by atoms with Gasteiger partial charge in [0.2, 0.25) is 0 Å². The van der Waals surface area contributed by atoms with Gasteiger partial charge in [-0.3, -0.25) is 0 Å². The highest BCUT2D eigenvalue weighted by atomic mass is 127. The first-order chi connectivity index (χ1) is 7.24. The predicted octanol–water partition coefficient (Wildman–Crippen LogP) is 2.13. The van der Waals surface area contributed by atoms with Gasteiger partial charge in [-0.05, 0) is 66.8 Å². The third-order valence-corrected chi connectivity index (χ3v) is 3.12. The van der Waals surface area contributed by atoms with E-state index in [9.17, 15) is 4.39 Å². The van der Waals surface area contributed by atoms with Crippen LogP contribution in [-0.2, 0) is 6.54 Å². The minimum atomic E-state index is -0.168. The van der Waals surface area contributed by atoms with Gasteiger partial charge in [0.25, 0.3) is 0 Å². The first-order valence-corrected chi connectivity index (χ1v) is 6.11. The Kier molecular flexibility index (Phi) is 6.12. The van der Waals surface area contributed by atoms with Crippen LogP contribution in [0.2, 0.25) is 0 Å². The fourth-order valence-electron chi connectivity index (χ4n) is 1.28. The molecule has 0 fully saturated rings. The molecule has 0 radical (unpaired) electrons. The Hall–Kier alpha value is -0.200. The number of hydrogen-bond donors (Lipinski definition) is 2. The molecule has 0 saturated carbocycles. The third kappa shape index (κ3) is 4.90. The van der Waals surface area contributed by atoms with E-state index in [2.05, 4.69) is 33.2 Å². The standard InChI is InChI=1S/C11H16FIN2/c1-14-5-2-6-15-8-9-3-4-10(12)7-11(9)13/h3-4,7,14-15H,2,5-6,8H2,1H3. The lowest BCUT2D eigenvalue weighted by Crippen LogP contribution is -2.19. The second-order valence-electron chi connectivity index (χ2n) is 3.37. The normalized spacial score (nSPS) is 10.6. The number of hydrogen-bond acceptors (Lipinski definition) is 2. The SMILES string of the molecule is CNCCCNCc1ccc(F)cc1I. The molecule has 0 spiro atoms. The van der Waals surface area contributed by atoms with Crippen LogP contribution in [0.3, 0.4) is 0 Å². The van der Waals surface area contributed by atoms with E-state index in [0.717, 1.165) is 35.2 Å². The molecule has 0 amide bonds. The van der Waals surface area contributed by atoms with E-state index in [1.165, 1.54) is 6.07 Å². The number of halogens is 2. The van der Waals surface area contributed by atoms with Gasteiger partial charge in [-0.25, -0.2) is 4.39 Å². The van der Waals surface area contributed by atoms with Crippen LogP contribution in [0.4, 0.5) is 4.39 Å². The van der Waals surface area contributed by atoms with Crippen molar-refractivity contribution in [3.8, 4) is 0 Å². The maximum absolute atomic E-state index is 12.8. The molecule has 0 aliphatic carbocycles. The molecule has 1 aromatic rings. The van der Waals surface area contributed by atoms with E-state index < -0.39 is 0 Å². The van der Waals surface area contributed by atoms with Crippen LogP contribution >= 0.6 is 22.6 Å². The summed E-state index contributed by atoms with van der Waals surface area (Å²) in [6.07, 6.45) is 1.11. The lowest BCUT2D eigenvalue weighted by atomic mass is 10.2. The second-order valence-corrected chi connectivity index (χ2v) is 4.53. The van der Waals surface area contributed by atoms with Crippen molar-refractivity contribution in [2.24, 2.45) is 0 Å². The molecule has 0 aliphatic heterocycles.